The number of benzene rings is 2. The molecule has 1 amide bonds. The van der Waals surface area contributed by atoms with Gasteiger partial charge in [-0.3, -0.25) is 4.79 Å². The quantitative estimate of drug-likeness (QED) is 0.621. The number of methoxy groups -OCH3 is 3. The highest BCUT2D eigenvalue weighted by molar-refractivity contribution is 5.99. The van der Waals surface area contributed by atoms with E-state index in [1.165, 1.54) is 52.5 Å². The monoisotopic (exact) mass is 443 g/mol. The molecule has 2 rings (SSSR count). The molecule has 0 aromatic heterocycles. The molecule has 31 heavy (non-hydrogen) atoms. The lowest BCUT2D eigenvalue weighted by molar-refractivity contribution is -0.274. The zero-order valence-electron chi connectivity index (χ0n) is 17.0. The van der Waals surface area contributed by atoms with Crippen molar-refractivity contribution in [1.82, 2.24) is 0 Å². The first kappa shape index (κ1) is 23.6. The summed E-state index contributed by atoms with van der Waals surface area (Å²) in [5.74, 6) is -1.41. The van der Waals surface area contributed by atoms with Crippen molar-refractivity contribution in [2.24, 2.45) is 0 Å². The Morgan fingerprint density at radius 1 is 0.903 bits per heavy atom. The lowest BCUT2D eigenvalue weighted by atomic mass is 10.1. The Morgan fingerprint density at radius 3 is 2.03 bits per heavy atom. The van der Waals surface area contributed by atoms with Crippen LogP contribution >= 0.6 is 0 Å². The Balaban J connectivity index is 2.07. The van der Waals surface area contributed by atoms with E-state index in [0.717, 1.165) is 12.1 Å². The maximum atomic E-state index is 12.5. The summed E-state index contributed by atoms with van der Waals surface area (Å²) in [7, 11) is 4.12. The SMILES string of the molecule is COc1ccc(C(=O)OC(C)C(=O)Nc2ccc(OC(F)(F)F)cc2)c(OC)c1OC. The van der Waals surface area contributed by atoms with Gasteiger partial charge in [0.05, 0.1) is 21.3 Å². The molecule has 0 aliphatic rings. The minimum Gasteiger partial charge on any atom is -0.493 e. The number of anilines is 1. The van der Waals surface area contributed by atoms with E-state index in [0.29, 0.717) is 5.75 Å². The molecule has 1 unspecified atom stereocenters. The first-order chi connectivity index (χ1) is 14.6. The van der Waals surface area contributed by atoms with Crippen LogP contribution in [0.2, 0.25) is 0 Å². The maximum Gasteiger partial charge on any atom is 0.573 e. The molecular weight excluding hydrogens is 423 g/mol. The summed E-state index contributed by atoms with van der Waals surface area (Å²) in [6.45, 7) is 1.33. The van der Waals surface area contributed by atoms with Gasteiger partial charge in [-0.25, -0.2) is 4.79 Å². The zero-order valence-corrected chi connectivity index (χ0v) is 17.0. The zero-order chi connectivity index (χ0) is 23.2. The minimum atomic E-state index is -4.82. The van der Waals surface area contributed by atoms with E-state index in [9.17, 15) is 22.8 Å². The summed E-state index contributed by atoms with van der Waals surface area (Å²) in [6.07, 6.45) is -6.05. The highest BCUT2D eigenvalue weighted by atomic mass is 19.4. The van der Waals surface area contributed by atoms with Crippen LogP contribution in [-0.2, 0) is 9.53 Å². The third kappa shape index (κ3) is 6.17. The van der Waals surface area contributed by atoms with E-state index < -0.39 is 30.1 Å². The smallest absolute Gasteiger partial charge is 0.493 e. The highest BCUT2D eigenvalue weighted by Crippen LogP contribution is 2.40. The van der Waals surface area contributed by atoms with E-state index in [2.05, 4.69) is 10.1 Å². The number of hydrogen-bond acceptors (Lipinski definition) is 7. The van der Waals surface area contributed by atoms with Crippen molar-refractivity contribution in [1.29, 1.82) is 0 Å². The van der Waals surface area contributed by atoms with E-state index in [1.807, 2.05) is 0 Å². The Bertz CT molecular complexity index is 930. The van der Waals surface area contributed by atoms with E-state index in [4.69, 9.17) is 18.9 Å². The van der Waals surface area contributed by atoms with Crippen molar-refractivity contribution >= 4 is 17.6 Å². The Hall–Kier alpha value is -3.63. The van der Waals surface area contributed by atoms with Gasteiger partial charge in [0.1, 0.15) is 11.3 Å². The van der Waals surface area contributed by atoms with Gasteiger partial charge in [-0.15, -0.1) is 13.2 Å². The van der Waals surface area contributed by atoms with Crippen LogP contribution in [0.4, 0.5) is 18.9 Å². The van der Waals surface area contributed by atoms with Gasteiger partial charge in [-0.1, -0.05) is 0 Å². The molecule has 0 aliphatic heterocycles. The second-order valence-electron chi connectivity index (χ2n) is 5.99. The van der Waals surface area contributed by atoms with Crippen LogP contribution in [0, 0.1) is 0 Å². The fraction of sp³-hybridized carbons (Fsp3) is 0.300. The lowest BCUT2D eigenvalue weighted by Gasteiger charge is -2.17. The summed E-state index contributed by atoms with van der Waals surface area (Å²) in [4.78, 5) is 24.8. The fourth-order valence-corrected chi connectivity index (χ4v) is 2.52. The molecule has 0 radical (unpaired) electrons. The first-order valence-corrected chi connectivity index (χ1v) is 8.76. The number of hydrogen-bond donors (Lipinski definition) is 1. The molecule has 1 N–H and O–H groups in total. The lowest BCUT2D eigenvalue weighted by Crippen LogP contribution is -2.30. The summed E-state index contributed by atoms with van der Waals surface area (Å²) in [6, 6.07) is 7.37. The number of rotatable bonds is 8. The van der Waals surface area contributed by atoms with Crippen molar-refractivity contribution in [2.45, 2.75) is 19.4 Å². The molecule has 2 aromatic carbocycles. The third-order valence-corrected chi connectivity index (χ3v) is 3.93. The standard InChI is InChI=1S/C20H20F3NO7/c1-11(18(25)24-12-5-7-13(8-6-12)31-20(21,22)23)30-19(26)14-9-10-15(27-2)17(29-4)16(14)28-3/h5-11H,1-4H3,(H,24,25). The molecule has 0 fully saturated rings. The number of carbonyl (C=O) groups is 2. The minimum absolute atomic E-state index is 0.00783. The van der Waals surface area contributed by atoms with Gasteiger partial charge >= 0.3 is 12.3 Å². The second kappa shape index (κ2) is 9.92. The van der Waals surface area contributed by atoms with Gasteiger partial charge < -0.3 is 29.0 Å². The third-order valence-electron chi connectivity index (χ3n) is 3.93. The number of ether oxygens (including phenoxy) is 5. The highest BCUT2D eigenvalue weighted by Gasteiger charge is 2.31. The molecule has 168 valence electrons. The topological polar surface area (TPSA) is 92.3 Å². The molecule has 1 atom stereocenters. The predicted molar refractivity (Wildman–Crippen MR) is 103 cm³/mol. The van der Waals surface area contributed by atoms with Crippen molar-refractivity contribution in [3.8, 4) is 23.0 Å². The summed E-state index contributed by atoms with van der Waals surface area (Å²) >= 11 is 0. The van der Waals surface area contributed by atoms with Crippen LogP contribution in [0.1, 0.15) is 17.3 Å². The Kier molecular flexibility index (Phi) is 7.56. The fourth-order valence-electron chi connectivity index (χ4n) is 2.52. The van der Waals surface area contributed by atoms with Crippen LogP contribution in [0.15, 0.2) is 36.4 Å². The largest absolute Gasteiger partial charge is 0.573 e. The maximum absolute atomic E-state index is 12.5. The van der Waals surface area contributed by atoms with Crippen LogP contribution in [-0.4, -0.2) is 45.7 Å². The molecule has 8 nitrogen and oxygen atoms in total. The summed E-state index contributed by atoms with van der Waals surface area (Å²) < 4.78 is 61.1. The van der Waals surface area contributed by atoms with Gasteiger partial charge in [-0.2, -0.15) is 0 Å². The average molecular weight is 443 g/mol. The summed E-state index contributed by atoms with van der Waals surface area (Å²) in [5, 5.41) is 2.43. The van der Waals surface area contributed by atoms with Gasteiger partial charge in [0.15, 0.2) is 17.6 Å². The molecule has 0 spiro atoms. The molecule has 2 aromatic rings. The van der Waals surface area contributed by atoms with Crippen molar-refractivity contribution in [3.63, 3.8) is 0 Å². The summed E-state index contributed by atoms with van der Waals surface area (Å²) in [5.41, 5.74) is 0.194. The molecule has 0 saturated heterocycles. The number of esters is 1. The van der Waals surface area contributed by atoms with Crippen molar-refractivity contribution in [2.75, 3.05) is 26.6 Å². The number of carbonyl (C=O) groups excluding carboxylic acids is 2. The van der Waals surface area contributed by atoms with Crippen LogP contribution in [0.25, 0.3) is 0 Å². The molecular formula is C20H20F3NO7. The van der Waals surface area contributed by atoms with E-state index in [1.54, 1.807) is 0 Å². The van der Waals surface area contributed by atoms with Crippen LogP contribution in [0.3, 0.4) is 0 Å². The van der Waals surface area contributed by atoms with E-state index >= 15 is 0 Å². The molecule has 0 aliphatic carbocycles. The Labute approximate surface area is 175 Å². The van der Waals surface area contributed by atoms with Gasteiger partial charge in [0, 0.05) is 5.69 Å². The van der Waals surface area contributed by atoms with Gasteiger partial charge in [0.25, 0.3) is 5.91 Å². The molecule has 11 heteroatoms. The Morgan fingerprint density at radius 2 is 1.52 bits per heavy atom. The number of halogens is 3. The molecule has 0 heterocycles. The first-order valence-electron chi connectivity index (χ1n) is 8.76. The number of amides is 1. The normalized spacial score (nSPS) is 11.8. The molecule has 0 saturated carbocycles. The van der Waals surface area contributed by atoms with Crippen LogP contribution in [0.5, 0.6) is 23.0 Å². The van der Waals surface area contributed by atoms with E-state index in [-0.39, 0.29) is 22.7 Å². The number of nitrogens with one attached hydrogen (secondary N) is 1. The number of alkyl halides is 3. The van der Waals surface area contributed by atoms with Gasteiger partial charge in [0.2, 0.25) is 5.75 Å². The van der Waals surface area contributed by atoms with Crippen molar-refractivity contribution < 1.29 is 46.4 Å². The second-order valence-corrected chi connectivity index (χ2v) is 5.99. The average Bonchev–Trinajstić information content (AvgIpc) is 2.72. The molecule has 0 bridgehead atoms. The van der Waals surface area contributed by atoms with Gasteiger partial charge in [-0.05, 0) is 43.3 Å². The van der Waals surface area contributed by atoms with Crippen LogP contribution < -0.4 is 24.3 Å². The van der Waals surface area contributed by atoms with Crippen molar-refractivity contribution in [3.05, 3.63) is 42.0 Å². The predicted octanol–water partition coefficient (Wildman–Crippen LogP) is 3.80.